The van der Waals surface area contributed by atoms with E-state index in [0.29, 0.717) is 0 Å². The summed E-state index contributed by atoms with van der Waals surface area (Å²) in [6.45, 7) is 6.46. The third-order valence-corrected chi connectivity index (χ3v) is 2.04. The van der Waals surface area contributed by atoms with Crippen molar-refractivity contribution in [2.24, 2.45) is 0 Å². The van der Waals surface area contributed by atoms with Crippen molar-refractivity contribution in [3.63, 3.8) is 0 Å². The second-order valence-corrected chi connectivity index (χ2v) is 4.13. The minimum atomic E-state index is 0.0672. The van der Waals surface area contributed by atoms with Gasteiger partial charge in [-0.25, -0.2) is 9.97 Å². The van der Waals surface area contributed by atoms with Gasteiger partial charge in [-0.15, -0.1) is 0 Å². The summed E-state index contributed by atoms with van der Waals surface area (Å²) < 4.78 is 2.13. The molecule has 0 spiro atoms. The first-order chi connectivity index (χ1) is 6.09. The van der Waals surface area contributed by atoms with E-state index in [2.05, 4.69) is 35.3 Å². The van der Waals surface area contributed by atoms with Gasteiger partial charge in [0.05, 0.1) is 11.8 Å². The molecule has 2 aromatic rings. The van der Waals surface area contributed by atoms with Gasteiger partial charge in [0.25, 0.3) is 0 Å². The predicted molar refractivity (Wildman–Crippen MR) is 52.5 cm³/mol. The Balaban J connectivity index is 2.72. The molecule has 0 aliphatic rings. The van der Waals surface area contributed by atoms with Crippen LogP contribution in [0.15, 0.2) is 24.7 Å². The second-order valence-electron chi connectivity index (χ2n) is 4.13. The summed E-state index contributed by atoms with van der Waals surface area (Å²) in [5, 5.41) is 0. The zero-order valence-electron chi connectivity index (χ0n) is 8.15. The number of pyridine rings is 1. The Labute approximate surface area is 77.4 Å². The number of fused-ring (bicyclic) bond motifs is 1. The molecule has 0 aliphatic carbocycles. The maximum absolute atomic E-state index is 4.24. The van der Waals surface area contributed by atoms with E-state index in [9.17, 15) is 0 Å². The van der Waals surface area contributed by atoms with Crippen LogP contribution in [0.2, 0.25) is 0 Å². The molecule has 2 aromatic heterocycles. The molecule has 13 heavy (non-hydrogen) atoms. The Morgan fingerprint density at radius 1 is 1.23 bits per heavy atom. The molecule has 0 bridgehead atoms. The van der Waals surface area contributed by atoms with Crippen LogP contribution in [0.4, 0.5) is 0 Å². The Kier molecular flexibility index (Phi) is 1.62. The van der Waals surface area contributed by atoms with Crippen LogP contribution in [0.5, 0.6) is 0 Å². The summed E-state index contributed by atoms with van der Waals surface area (Å²) in [6.07, 6.45) is 3.61. The number of hydrogen-bond donors (Lipinski definition) is 0. The zero-order chi connectivity index (χ0) is 9.47. The van der Waals surface area contributed by atoms with E-state index in [4.69, 9.17) is 0 Å². The van der Waals surface area contributed by atoms with E-state index in [1.165, 1.54) is 0 Å². The molecule has 0 aromatic carbocycles. The SMILES string of the molecule is CC(C)(C)n1cnc2ncccc21. The molecule has 0 atom stereocenters. The largest absolute Gasteiger partial charge is 0.324 e. The van der Waals surface area contributed by atoms with E-state index in [1.54, 1.807) is 6.20 Å². The molecule has 0 fully saturated rings. The van der Waals surface area contributed by atoms with Gasteiger partial charge in [-0.05, 0) is 32.9 Å². The van der Waals surface area contributed by atoms with Crippen molar-refractivity contribution in [1.29, 1.82) is 0 Å². The average Bonchev–Trinajstić information content (AvgIpc) is 2.45. The normalized spacial score (nSPS) is 12.2. The monoisotopic (exact) mass is 175 g/mol. The molecule has 0 radical (unpaired) electrons. The summed E-state index contributed by atoms with van der Waals surface area (Å²) >= 11 is 0. The first kappa shape index (κ1) is 8.23. The number of imidazole rings is 1. The summed E-state index contributed by atoms with van der Waals surface area (Å²) in [5.74, 6) is 0. The van der Waals surface area contributed by atoms with Crippen molar-refractivity contribution in [2.45, 2.75) is 26.3 Å². The number of nitrogens with zero attached hydrogens (tertiary/aromatic N) is 3. The minimum absolute atomic E-state index is 0.0672. The van der Waals surface area contributed by atoms with Gasteiger partial charge in [0.2, 0.25) is 0 Å². The van der Waals surface area contributed by atoms with Crippen molar-refractivity contribution in [1.82, 2.24) is 14.5 Å². The van der Waals surface area contributed by atoms with Crippen LogP contribution in [0, 0.1) is 0 Å². The van der Waals surface area contributed by atoms with E-state index < -0.39 is 0 Å². The fraction of sp³-hybridized carbons (Fsp3) is 0.400. The quantitative estimate of drug-likeness (QED) is 0.614. The molecule has 68 valence electrons. The van der Waals surface area contributed by atoms with Gasteiger partial charge >= 0.3 is 0 Å². The Bertz CT molecular complexity index is 423. The first-order valence-electron chi connectivity index (χ1n) is 4.37. The van der Waals surface area contributed by atoms with Crippen molar-refractivity contribution < 1.29 is 0 Å². The Hall–Kier alpha value is -1.38. The van der Waals surface area contributed by atoms with Crippen LogP contribution in [0.1, 0.15) is 20.8 Å². The smallest absolute Gasteiger partial charge is 0.177 e. The van der Waals surface area contributed by atoms with Crippen LogP contribution in [0.3, 0.4) is 0 Å². The lowest BCUT2D eigenvalue weighted by Gasteiger charge is -2.21. The van der Waals surface area contributed by atoms with Crippen molar-refractivity contribution in [2.75, 3.05) is 0 Å². The lowest BCUT2D eigenvalue weighted by molar-refractivity contribution is 0.408. The van der Waals surface area contributed by atoms with Crippen LogP contribution >= 0.6 is 0 Å². The van der Waals surface area contributed by atoms with Gasteiger partial charge in [-0.1, -0.05) is 0 Å². The van der Waals surface area contributed by atoms with E-state index in [0.717, 1.165) is 11.2 Å². The van der Waals surface area contributed by atoms with Crippen LogP contribution in [0.25, 0.3) is 11.2 Å². The first-order valence-corrected chi connectivity index (χ1v) is 4.37. The number of aromatic nitrogens is 3. The van der Waals surface area contributed by atoms with E-state index in [-0.39, 0.29) is 5.54 Å². The molecule has 3 heteroatoms. The van der Waals surface area contributed by atoms with Crippen LogP contribution < -0.4 is 0 Å². The standard InChI is InChI=1S/C10H13N3/c1-10(2,3)13-7-12-9-8(13)5-4-6-11-9/h4-7H,1-3H3. The molecule has 0 saturated carbocycles. The van der Waals surface area contributed by atoms with Gasteiger partial charge in [0, 0.05) is 11.7 Å². The number of rotatable bonds is 0. The van der Waals surface area contributed by atoms with E-state index in [1.807, 2.05) is 18.5 Å². The molecule has 0 N–H and O–H groups in total. The Morgan fingerprint density at radius 3 is 2.69 bits per heavy atom. The highest BCUT2D eigenvalue weighted by Gasteiger charge is 2.15. The van der Waals surface area contributed by atoms with Gasteiger partial charge in [-0.3, -0.25) is 0 Å². The van der Waals surface area contributed by atoms with Crippen molar-refractivity contribution >= 4 is 11.2 Å². The average molecular weight is 175 g/mol. The van der Waals surface area contributed by atoms with Gasteiger partial charge in [0.15, 0.2) is 5.65 Å². The summed E-state index contributed by atoms with van der Waals surface area (Å²) in [6, 6.07) is 3.98. The van der Waals surface area contributed by atoms with Gasteiger partial charge < -0.3 is 4.57 Å². The number of hydrogen-bond acceptors (Lipinski definition) is 2. The lowest BCUT2D eigenvalue weighted by atomic mass is 10.1. The molecular formula is C10H13N3. The third kappa shape index (κ3) is 1.30. The highest BCUT2D eigenvalue weighted by Crippen LogP contribution is 2.19. The summed E-state index contributed by atoms with van der Waals surface area (Å²) in [4.78, 5) is 8.42. The molecule has 0 unspecified atom stereocenters. The lowest BCUT2D eigenvalue weighted by Crippen LogP contribution is -2.20. The summed E-state index contributed by atoms with van der Waals surface area (Å²) in [7, 11) is 0. The summed E-state index contributed by atoms with van der Waals surface area (Å²) in [5.41, 5.74) is 1.98. The zero-order valence-corrected chi connectivity index (χ0v) is 8.15. The maximum atomic E-state index is 4.24. The van der Waals surface area contributed by atoms with Crippen LogP contribution in [-0.2, 0) is 5.54 Å². The molecule has 0 amide bonds. The fourth-order valence-corrected chi connectivity index (χ4v) is 1.39. The van der Waals surface area contributed by atoms with Crippen molar-refractivity contribution in [3.05, 3.63) is 24.7 Å². The van der Waals surface area contributed by atoms with Gasteiger partial charge in [0.1, 0.15) is 0 Å². The highest BCUT2D eigenvalue weighted by molar-refractivity contribution is 5.70. The molecule has 2 heterocycles. The molecule has 2 rings (SSSR count). The second kappa shape index (κ2) is 2.55. The van der Waals surface area contributed by atoms with Gasteiger partial charge in [-0.2, -0.15) is 0 Å². The van der Waals surface area contributed by atoms with E-state index >= 15 is 0 Å². The third-order valence-electron chi connectivity index (χ3n) is 2.04. The maximum Gasteiger partial charge on any atom is 0.177 e. The topological polar surface area (TPSA) is 30.7 Å². The predicted octanol–water partition coefficient (Wildman–Crippen LogP) is 2.19. The molecule has 3 nitrogen and oxygen atoms in total. The highest BCUT2D eigenvalue weighted by atomic mass is 15.1. The minimum Gasteiger partial charge on any atom is -0.324 e. The Morgan fingerprint density at radius 2 is 2.00 bits per heavy atom. The van der Waals surface area contributed by atoms with Crippen LogP contribution in [-0.4, -0.2) is 14.5 Å². The molecule has 0 saturated heterocycles. The molecule has 0 aliphatic heterocycles. The van der Waals surface area contributed by atoms with Crippen molar-refractivity contribution in [3.8, 4) is 0 Å². The fourth-order valence-electron chi connectivity index (χ4n) is 1.39. The molecular weight excluding hydrogens is 162 g/mol.